The number of amidine groups is 1. The van der Waals surface area contributed by atoms with Gasteiger partial charge in [0, 0.05) is 43.3 Å². The third kappa shape index (κ3) is 4.42. The van der Waals surface area contributed by atoms with Crippen molar-refractivity contribution in [3.8, 4) is 11.1 Å². The van der Waals surface area contributed by atoms with Crippen molar-refractivity contribution >= 4 is 26.9 Å². The quantitative estimate of drug-likeness (QED) is 0.407. The van der Waals surface area contributed by atoms with E-state index < -0.39 is 10.0 Å². The molecule has 7 nitrogen and oxygen atoms in total. The van der Waals surface area contributed by atoms with Crippen LogP contribution < -0.4 is 0 Å². The first-order chi connectivity index (χ1) is 17.6. The maximum absolute atomic E-state index is 12.9. The fourth-order valence-corrected chi connectivity index (χ4v) is 6.67. The van der Waals surface area contributed by atoms with Gasteiger partial charge in [0.25, 0.3) is 0 Å². The second kappa shape index (κ2) is 9.52. The number of nitrogens with one attached hydrogen (secondary N) is 1. The SMILES string of the molecule is O=S(=O)(c1ccc(-c2ccnc3[nH]c(CN4CCN=C4Cc4ccccc4)cc23)cc1)N1CCCC1. The molecule has 0 bridgehead atoms. The van der Waals surface area contributed by atoms with Gasteiger partial charge in [-0.3, -0.25) is 4.99 Å². The van der Waals surface area contributed by atoms with Crippen LogP contribution in [-0.2, 0) is 23.0 Å². The summed E-state index contributed by atoms with van der Waals surface area (Å²) in [5.74, 6) is 1.11. The zero-order valence-corrected chi connectivity index (χ0v) is 20.9. The van der Waals surface area contributed by atoms with Crippen molar-refractivity contribution in [1.29, 1.82) is 0 Å². The van der Waals surface area contributed by atoms with E-state index >= 15 is 0 Å². The highest BCUT2D eigenvalue weighted by Gasteiger charge is 2.27. The van der Waals surface area contributed by atoms with Gasteiger partial charge in [-0.25, -0.2) is 13.4 Å². The molecule has 0 unspecified atom stereocenters. The predicted molar refractivity (Wildman–Crippen MR) is 142 cm³/mol. The lowest BCUT2D eigenvalue weighted by Crippen LogP contribution is -2.28. The van der Waals surface area contributed by atoms with Gasteiger partial charge in [0.15, 0.2) is 0 Å². The lowest BCUT2D eigenvalue weighted by Gasteiger charge is -2.19. The molecule has 0 saturated carbocycles. The highest BCUT2D eigenvalue weighted by atomic mass is 32.2. The Hall–Kier alpha value is -3.49. The van der Waals surface area contributed by atoms with Crippen LogP contribution in [0.5, 0.6) is 0 Å². The second-order valence-electron chi connectivity index (χ2n) is 9.43. The molecule has 6 rings (SSSR count). The maximum Gasteiger partial charge on any atom is 0.243 e. The van der Waals surface area contributed by atoms with Gasteiger partial charge in [0.1, 0.15) is 11.5 Å². The van der Waals surface area contributed by atoms with Gasteiger partial charge in [-0.15, -0.1) is 0 Å². The topological polar surface area (TPSA) is 81.7 Å². The molecule has 8 heteroatoms. The van der Waals surface area contributed by atoms with Crippen LogP contribution in [0.25, 0.3) is 22.2 Å². The first-order valence-corrected chi connectivity index (χ1v) is 13.9. The van der Waals surface area contributed by atoms with E-state index in [0.29, 0.717) is 18.0 Å². The lowest BCUT2D eigenvalue weighted by molar-refractivity contribution is 0.441. The molecule has 184 valence electrons. The number of hydrogen-bond acceptors (Lipinski definition) is 5. The van der Waals surface area contributed by atoms with Crippen LogP contribution in [0.1, 0.15) is 24.1 Å². The minimum absolute atomic E-state index is 0.354. The Labute approximate surface area is 211 Å². The molecule has 0 atom stereocenters. The summed E-state index contributed by atoms with van der Waals surface area (Å²) in [6, 6.07) is 21.8. The van der Waals surface area contributed by atoms with Crippen LogP contribution in [-0.4, -0.2) is 59.6 Å². The maximum atomic E-state index is 12.9. The van der Waals surface area contributed by atoms with Crippen molar-refractivity contribution < 1.29 is 8.42 Å². The van der Waals surface area contributed by atoms with Crippen LogP contribution >= 0.6 is 0 Å². The Kier molecular flexibility index (Phi) is 6.07. The van der Waals surface area contributed by atoms with Crippen molar-refractivity contribution in [2.45, 2.75) is 30.7 Å². The molecular weight excluding hydrogens is 470 g/mol. The Bertz CT molecular complexity index is 1500. The van der Waals surface area contributed by atoms with Crippen LogP contribution in [0.15, 0.2) is 82.8 Å². The van der Waals surface area contributed by atoms with Crippen LogP contribution in [0.2, 0.25) is 0 Å². The van der Waals surface area contributed by atoms with Gasteiger partial charge in [-0.1, -0.05) is 42.5 Å². The number of pyridine rings is 1. The van der Waals surface area contributed by atoms with Crippen LogP contribution in [0, 0.1) is 0 Å². The highest BCUT2D eigenvalue weighted by Crippen LogP contribution is 2.30. The average Bonchev–Trinajstić information content (AvgIpc) is 3.67. The zero-order chi connectivity index (χ0) is 24.5. The Morgan fingerprint density at radius 1 is 0.917 bits per heavy atom. The summed E-state index contributed by atoms with van der Waals surface area (Å²) in [5, 5.41) is 1.03. The summed E-state index contributed by atoms with van der Waals surface area (Å²) >= 11 is 0. The van der Waals surface area contributed by atoms with Gasteiger partial charge in [0.05, 0.1) is 18.0 Å². The molecule has 1 saturated heterocycles. The third-order valence-electron chi connectivity index (χ3n) is 7.05. The van der Waals surface area contributed by atoms with Gasteiger partial charge in [-0.2, -0.15) is 4.31 Å². The smallest absolute Gasteiger partial charge is 0.243 e. The zero-order valence-electron chi connectivity index (χ0n) is 20.1. The fraction of sp³-hybridized carbons (Fsp3) is 0.286. The second-order valence-corrected chi connectivity index (χ2v) is 11.4. The van der Waals surface area contributed by atoms with E-state index in [0.717, 1.165) is 72.6 Å². The first-order valence-electron chi connectivity index (χ1n) is 12.5. The van der Waals surface area contributed by atoms with Crippen molar-refractivity contribution in [1.82, 2.24) is 19.2 Å². The molecule has 2 aliphatic heterocycles. The molecule has 4 heterocycles. The summed E-state index contributed by atoms with van der Waals surface area (Å²) in [6.45, 7) is 3.68. The number of aromatic nitrogens is 2. The summed E-state index contributed by atoms with van der Waals surface area (Å²) in [5.41, 5.74) is 5.19. The van der Waals surface area contributed by atoms with E-state index in [1.807, 2.05) is 24.3 Å². The number of H-pyrrole nitrogens is 1. The molecule has 2 aromatic carbocycles. The first kappa shape index (κ1) is 22.9. The molecule has 0 radical (unpaired) electrons. The number of nitrogens with zero attached hydrogens (tertiary/aromatic N) is 4. The van der Waals surface area contributed by atoms with Crippen LogP contribution in [0.4, 0.5) is 0 Å². The molecule has 4 aromatic rings. The molecule has 0 amide bonds. The van der Waals surface area contributed by atoms with Crippen molar-refractivity contribution in [3.63, 3.8) is 0 Å². The van der Waals surface area contributed by atoms with Crippen molar-refractivity contribution in [3.05, 3.63) is 84.2 Å². The van der Waals surface area contributed by atoms with Gasteiger partial charge >= 0.3 is 0 Å². The number of rotatable bonds is 7. The minimum Gasteiger partial charge on any atom is -0.352 e. The van der Waals surface area contributed by atoms with E-state index in [1.54, 1.807) is 22.6 Å². The third-order valence-corrected chi connectivity index (χ3v) is 8.96. The number of aliphatic imine (C=N–C) groups is 1. The van der Waals surface area contributed by atoms with Gasteiger partial charge in [0.2, 0.25) is 10.0 Å². The Balaban J connectivity index is 1.23. The molecule has 36 heavy (non-hydrogen) atoms. The number of sulfonamides is 1. The van der Waals surface area contributed by atoms with E-state index in [2.05, 4.69) is 45.2 Å². The molecule has 1 N–H and O–H groups in total. The monoisotopic (exact) mass is 499 g/mol. The van der Waals surface area contributed by atoms with Gasteiger partial charge in [-0.05, 0) is 53.8 Å². The van der Waals surface area contributed by atoms with Crippen molar-refractivity contribution in [2.24, 2.45) is 4.99 Å². The van der Waals surface area contributed by atoms with E-state index in [-0.39, 0.29) is 0 Å². The predicted octanol–water partition coefficient (Wildman–Crippen LogP) is 4.47. The van der Waals surface area contributed by atoms with E-state index in [9.17, 15) is 8.42 Å². The summed E-state index contributed by atoms with van der Waals surface area (Å²) < 4.78 is 27.4. The molecule has 0 spiro atoms. The number of benzene rings is 2. The number of aromatic amines is 1. The minimum atomic E-state index is -3.42. The highest BCUT2D eigenvalue weighted by molar-refractivity contribution is 7.89. The molecule has 2 aliphatic rings. The van der Waals surface area contributed by atoms with Crippen LogP contribution in [0.3, 0.4) is 0 Å². The Morgan fingerprint density at radius 2 is 1.69 bits per heavy atom. The average molecular weight is 500 g/mol. The number of hydrogen-bond donors (Lipinski definition) is 1. The summed E-state index contributed by atoms with van der Waals surface area (Å²) in [6.07, 6.45) is 4.49. The fourth-order valence-electron chi connectivity index (χ4n) is 5.15. The van der Waals surface area contributed by atoms with E-state index in [4.69, 9.17) is 4.99 Å². The molecular formula is C28H29N5O2S. The lowest BCUT2D eigenvalue weighted by atomic mass is 10.0. The summed E-state index contributed by atoms with van der Waals surface area (Å²) in [4.78, 5) is 15.5. The summed E-state index contributed by atoms with van der Waals surface area (Å²) in [7, 11) is -3.42. The van der Waals surface area contributed by atoms with Crippen molar-refractivity contribution in [2.75, 3.05) is 26.2 Å². The standard InChI is InChI=1S/C28H29N5O2S/c34-36(35,33-15-4-5-16-33)24-10-8-22(9-11-24)25-12-13-30-28-26(25)19-23(31-28)20-32-17-14-29-27(32)18-21-6-2-1-3-7-21/h1-3,6-13,19H,4-5,14-18,20H2,(H,30,31). The Morgan fingerprint density at radius 3 is 2.47 bits per heavy atom. The number of fused-ring (bicyclic) bond motifs is 1. The molecule has 0 aliphatic carbocycles. The van der Waals surface area contributed by atoms with Gasteiger partial charge < -0.3 is 9.88 Å². The molecule has 1 fully saturated rings. The molecule has 2 aromatic heterocycles. The largest absolute Gasteiger partial charge is 0.352 e. The van der Waals surface area contributed by atoms with E-state index in [1.165, 1.54) is 5.56 Å². The normalized spacial score (nSPS) is 16.7.